The zero-order valence-electron chi connectivity index (χ0n) is 16.1. The summed E-state index contributed by atoms with van der Waals surface area (Å²) in [6.45, 7) is 5.09. The maximum absolute atomic E-state index is 12.7. The van der Waals surface area contributed by atoms with Gasteiger partial charge in [-0.2, -0.15) is 4.52 Å². The van der Waals surface area contributed by atoms with Gasteiger partial charge in [0, 0.05) is 32.1 Å². The first-order valence-corrected chi connectivity index (χ1v) is 9.98. The molecule has 1 aliphatic carbocycles. The topological polar surface area (TPSA) is 66.6 Å². The second-order valence-electron chi connectivity index (χ2n) is 7.77. The summed E-state index contributed by atoms with van der Waals surface area (Å²) in [6.07, 6.45) is 2.82. The SMILES string of the molecule is Cc1ccccc1CC(=O)N1CCN(c2ccc3nnc(C4CC4)n3n2)CC1. The Bertz CT molecular complexity index is 1020. The molecule has 0 unspecified atom stereocenters. The molecule has 0 radical (unpaired) electrons. The van der Waals surface area contributed by atoms with Gasteiger partial charge in [0.05, 0.1) is 6.42 Å². The average Bonchev–Trinajstić information content (AvgIpc) is 3.48. The van der Waals surface area contributed by atoms with Crippen molar-refractivity contribution >= 4 is 17.4 Å². The Morgan fingerprint density at radius 2 is 1.82 bits per heavy atom. The fourth-order valence-electron chi connectivity index (χ4n) is 3.83. The van der Waals surface area contributed by atoms with E-state index in [0.717, 1.165) is 49.0 Å². The van der Waals surface area contributed by atoms with Gasteiger partial charge >= 0.3 is 0 Å². The second kappa shape index (κ2) is 6.89. The van der Waals surface area contributed by atoms with Gasteiger partial charge in [-0.1, -0.05) is 24.3 Å². The van der Waals surface area contributed by atoms with Crippen molar-refractivity contribution in [3.63, 3.8) is 0 Å². The van der Waals surface area contributed by atoms with Gasteiger partial charge < -0.3 is 9.80 Å². The predicted octanol–water partition coefficient (Wildman–Crippen LogP) is 2.20. The molecule has 1 aromatic carbocycles. The van der Waals surface area contributed by atoms with E-state index in [1.807, 2.05) is 39.7 Å². The van der Waals surface area contributed by atoms with Crippen LogP contribution in [0.15, 0.2) is 36.4 Å². The van der Waals surface area contributed by atoms with Crippen LogP contribution in [0.4, 0.5) is 5.82 Å². The van der Waals surface area contributed by atoms with Crippen LogP contribution in [0.5, 0.6) is 0 Å². The van der Waals surface area contributed by atoms with Gasteiger partial charge in [-0.05, 0) is 43.0 Å². The first kappa shape index (κ1) is 17.2. The molecule has 2 aliphatic rings. The molecule has 28 heavy (non-hydrogen) atoms. The number of anilines is 1. The Morgan fingerprint density at radius 3 is 2.57 bits per heavy atom. The first-order valence-electron chi connectivity index (χ1n) is 9.98. The lowest BCUT2D eigenvalue weighted by molar-refractivity contribution is -0.130. The van der Waals surface area contributed by atoms with Gasteiger partial charge in [0.1, 0.15) is 5.82 Å². The van der Waals surface area contributed by atoms with Crippen LogP contribution in [0.3, 0.4) is 0 Å². The third-order valence-electron chi connectivity index (χ3n) is 5.77. The van der Waals surface area contributed by atoms with Crippen molar-refractivity contribution in [2.24, 2.45) is 0 Å². The summed E-state index contributed by atoms with van der Waals surface area (Å²) in [5, 5.41) is 13.3. The molecule has 5 rings (SSSR count). The number of aryl methyl sites for hydroxylation is 1. The van der Waals surface area contributed by atoms with Crippen LogP contribution < -0.4 is 4.90 Å². The Morgan fingerprint density at radius 1 is 1.04 bits per heavy atom. The van der Waals surface area contributed by atoms with Gasteiger partial charge in [-0.3, -0.25) is 4.79 Å². The molecule has 1 saturated heterocycles. The van der Waals surface area contributed by atoms with Gasteiger partial charge in [0.2, 0.25) is 5.91 Å². The lowest BCUT2D eigenvalue weighted by atomic mass is 10.1. The smallest absolute Gasteiger partial charge is 0.227 e. The van der Waals surface area contributed by atoms with Crippen molar-refractivity contribution in [2.75, 3.05) is 31.1 Å². The Hall–Kier alpha value is -2.96. The highest BCUT2D eigenvalue weighted by molar-refractivity contribution is 5.79. The second-order valence-corrected chi connectivity index (χ2v) is 7.77. The summed E-state index contributed by atoms with van der Waals surface area (Å²) in [6, 6.07) is 12.1. The maximum Gasteiger partial charge on any atom is 0.227 e. The summed E-state index contributed by atoms with van der Waals surface area (Å²) in [4.78, 5) is 16.9. The number of carbonyl (C=O) groups excluding carboxylic acids is 1. The summed E-state index contributed by atoms with van der Waals surface area (Å²) >= 11 is 0. The van der Waals surface area contributed by atoms with Crippen molar-refractivity contribution in [3.05, 3.63) is 53.3 Å². The van der Waals surface area contributed by atoms with Crippen LogP contribution in [0, 0.1) is 6.92 Å². The molecule has 3 aromatic rings. The average molecular weight is 376 g/mol. The number of amides is 1. The van der Waals surface area contributed by atoms with Gasteiger partial charge in [0.25, 0.3) is 0 Å². The summed E-state index contributed by atoms with van der Waals surface area (Å²) < 4.78 is 1.89. The Labute approximate surface area is 164 Å². The number of benzene rings is 1. The van der Waals surface area contributed by atoms with Crippen LogP contribution in [-0.2, 0) is 11.2 Å². The lowest BCUT2D eigenvalue weighted by Crippen LogP contribution is -2.49. The highest BCUT2D eigenvalue weighted by Gasteiger charge is 2.30. The van der Waals surface area contributed by atoms with E-state index in [9.17, 15) is 4.79 Å². The maximum atomic E-state index is 12.7. The molecule has 144 valence electrons. The minimum atomic E-state index is 0.201. The van der Waals surface area contributed by atoms with Crippen molar-refractivity contribution in [3.8, 4) is 0 Å². The quantitative estimate of drug-likeness (QED) is 0.698. The Kier molecular flexibility index (Phi) is 4.22. The number of aromatic nitrogens is 4. The molecule has 7 heteroatoms. The molecule has 3 heterocycles. The van der Waals surface area contributed by atoms with Crippen LogP contribution in [0.2, 0.25) is 0 Å². The summed E-state index contributed by atoms with van der Waals surface area (Å²) in [5.41, 5.74) is 3.09. The summed E-state index contributed by atoms with van der Waals surface area (Å²) in [5.74, 6) is 2.62. The zero-order valence-corrected chi connectivity index (χ0v) is 16.1. The van der Waals surface area contributed by atoms with Crippen molar-refractivity contribution in [2.45, 2.75) is 32.1 Å². The van der Waals surface area contributed by atoms with Crippen molar-refractivity contribution in [1.29, 1.82) is 0 Å². The van der Waals surface area contributed by atoms with Crippen molar-refractivity contribution in [1.82, 2.24) is 24.7 Å². The molecule has 1 aliphatic heterocycles. The number of carbonyl (C=O) groups is 1. The first-order chi connectivity index (χ1) is 13.7. The molecule has 0 bridgehead atoms. The molecule has 1 saturated carbocycles. The standard InChI is InChI=1S/C21H24N6O/c1-15-4-2-3-5-17(15)14-20(28)26-12-10-25(11-13-26)19-9-8-18-22-23-21(16-6-7-16)27(18)24-19/h2-5,8-9,16H,6-7,10-14H2,1H3. The Balaban J connectivity index is 1.25. The van der Waals surface area contributed by atoms with Crippen LogP contribution in [0.1, 0.15) is 35.7 Å². The molecule has 1 amide bonds. The molecular formula is C21H24N6O. The fraction of sp³-hybridized carbons (Fsp3) is 0.429. The third kappa shape index (κ3) is 3.21. The van der Waals surface area contributed by atoms with Gasteiger partial charge in [0.15, 0.2) is 11.5 Å². The fourth-order valence-corrected chi connectivity index (χ4v) is 3.83. The molecule has 0 atom stereocenters. The lowest BCUT2D eigenvalue weighted by Gasteiger charge is -2.35. The van der Waals surface area contributed by atoms with Crippen LogP contribution in [0.25, 0.3) is 5.65 Å². The van der Waals surface area contributed by atoms with E-state index in [1.165, 1.54) is 18.4 Å². The van der Waals surface area contributed by atoms with Gasteiger partial charge in [-0.25, -0.2) is 0 Å². The van der Waals surface area contributed by atoms with E-state index in [2.05, 4.69) is 28.1 Å². The largest absolute Gasteiger partial charge is 0.352 e. The number of fused-ring (bicyclic) bond motifs is 1. The van der Waals surface area contributed by atoms with E-state index in [0.29, 0.717) is 12.3 Å². The van der Waals surface area contributed by atoms with Crippen LogP contribution >= 0.6 is 0 Å². The number of rotatable bonds is 4. The third-order valence-corrected chi connectivity index (χ3v) is 5.77. The summed E-state index contributed by atoms with van der Waals surface area (Å²) in [7, 11) is 0. The highest BCUT2D eigenvalue weighted by atomic mass is 16.2. The van der Waals surface area contributed by atoms with Crippen LogP contribution in [-0.4, -0.2) is 56.8 Å². The van der Waals surface area contributed by atoms with E-state index >= 15 is 0 Å². The van der Waals surface area contributed by atoms with Crippen molar-refractivity contribution < 1.29 is 4.79 Å². The molecule has 0 spiro atoms. The van der Waals surface area contributed by atoms with Gasteiger partial charge in [-0.15, -0.1) is 15.3 Å². The number of piperazine rings is 1. The minimum Gasteiger partial charge on any atom is -0.352 e. The zero-order chi connectivity index (χ0) is 19.1. The highest BCUT2D eigenvalue weighted by Crippen LogP contribution is 2.38. The van der Waals surface area contributed by atoms with E-state index in [1.54, 1.807) is 0 Å². The molecule has 2 fully saturated rings. The number of hydrogen-bond acceptors (Lipinski definition) is 5. The molecular weight excluding hydrogens is 352 g/mol. The molecule has 7 nitrogen and oxygen atoms in total. The monoisotopic (exact) mass is 376 g/mol. The molecule has 0 N–H and O–H groups in total. The minimum absolute atomic E-state index is 0.201. The number of hydrogen-bond donors (Lipinski definition) is 0. The van der Waals surface area contributed by atoms with E-state index < -0.39 is 0 Å². The van der Waals surface area contributed by atoms with E-state index in [-0.39, 0.29) is 5.91 Å². The van der Waals surface area contributed by atoms with E-state index in [4.69, 9.17) is 5.10 Å². The normalized spacial score (nSPS) is 17.3. The predicted molar refractivity (Wildman–Crippen MR) is 106 cm³/mol. The molecule has 2 aromatic heterocycles. The number of nitrogens with zero attached hydrogens (tertiary/aromatic N) is 6.